The summed E-state index contributed by atoms with van der Waals surface area (Å²) in [5.41, 5.74) is -0.291. The van der Waals surface area contributed by atoms with Gasteiger partial charge in [-0.1, -0.05) is 0 Å². The average molecular weight is 420 g/mol. The molecule has 3 rings (SSSR count). The number of amides is 2. The van der Waals surface area contributed by atoms with Crippen molar-refractivity contribution in [3.05, 3.63) is 23.8 Å². The molecule has 160 valence electrons. The standard InChI is InChI=1S/C17H20F4N4O4/c1-23-2-3-24(4-5-28-23)14-12(18)6-10(7-13(14)19)25-9-11(29-17(25)27)8-22-16(26)15(20)21/h6-7,11,15H,2-5,8-9H2,1H3,(H,22,26)/t11-/m0/s1. The Labute approximate surface area is 163 Å². The molecule has 1 aromatic rings. The number of cyclic esters (lactones) is 1. The van der Waals surface area contributed by atoms with Gasteiger partial charge in [-0.05, 0) is 0 Å². The van der Waals surface area contributed by atoms with Crippen molar-refractivity contribution in [2.45, 2.75) is 12.5 Å². The Balaban J connectivity index is 1.71. The van der Waals surface area contributed by atoms with Crippen LogP contribution in [0, 0.1) is 11.6 Å². The van der Waals surface area contributed by atoms with Crippen molar-refractivity contribution in [2.75, 3.05) is 56.2 Å². The van der Waals surface area contributed by atoms with Crippen molar-refractivity contribution in [1.29, 1.82) is 0 Å². The summed E-state index contributed by atoms with van der Waals surface area (Å²) in [5, 5.41) is 3.52. The molecule has 0 radical (unpaired) electrons. The Morgan fingerprint density at radius 3 is 2.59 bits per heavy atom. The van der Waals surface area contributed by atoms with Crippen molar-refractivity contribution in [2.24, 2.45) is 0 Å². The Morgan fingerprint density at radius 2 is 1.93 bits per heavy atom. The number of likely N-dealkylation sites (N-methyl/N-ethyl adjacent to an activating group) is 1. The molecule has 2 saturated heterocycles. The van der Waals surface area contributed by atoms with E-state index in [0.29, 0.717) is 13.1 Å². The molecule has 1 atom stereocenters. The zero-order valence-electron chi connectivity index (χ0n) is 15.5. The number of carbonyl (C=O) groups excluding carboxylic acids is 2. The van der Waals surface area contributed by atoms with Crippen LogP contribution in [0.2, 0.25) is 0 Å². The SMILES string of the molecule is CN1CCN(c2c(F)cc(N3C[C@H](CNC(=O)C(F)F)OC3=O)cc2F)CCO1. The summed E-state index contributed by atoms with van der Waals surface area (Å²) in [7, 11) is 1.72. The maximum atomic E-state index is 14.7. The first kappa shape index (κ1) is 21.1. The summed E-state index contributed by atoms with van der Waals surface area (Å²) in [6, 6.07) is 2.02. The van der Waals surface area contributed by atoms with Gasteiger partial charge in [0.15, 0.2) is 11.6 Å². The van der Waals surface area contributed by atoms with Crippen molar-refractivity contribution in [3.8, 4) is 0 Å². The normalized spacial score (nSPS) is 20.8. The van der Waals surface area contributed by atoms with E-state index in [-0.39, 0.29) is 37.6 Å². The van der Waals surface area contributed by atoms with Crippen LogP contribution in [-0.4, -0.2) is 76.0 Å². The van der Waals surface area contributed by atoms with Gasteiger partial charge in [0.05, 0.1) is 25.4 Å². The van der Waals surface area contributed by atoms with E-state index < -0.39 is 36.2 Å². The molecule has 2 aliphatic heterocycles. The zero-order chi connectivity index (χ0) is 21.1. The van der Waals surface area contributed by atoms with Crippen LogP contribution < -0.4 is 15.1 Å². The number of benzene rings is 1. The molecule has 0 aliphatic carbocycles. The van der Waals surface area contributed by atoms with Gasteiger partial charge in [0.25, 0.3) is 5.91 Å². The number of alkyl halides is 2. The third kappa shape index (κ3) is 4.88. The van der Waals surface area contributed by atoms with E-state index in [2.05, 4.69) is 0 Å². The number of rotatable bonds is 5. The van der Waals surface area contributed by atoms with Crippen molar-refractivity contribution < 1.29 is 36.7 Å². The largest absolute Gasteiger partial charge is 0.442 e. The second kappa shape index (κ2) is 8.82. The van der Waals surface area contributed by atoms with Crippen LogP contribution in [0.3, 0.4) is 0 Å². The molecule has 2 fully saturated rings. The van der Waals surface area contributed by atoms with Crippen LogP contribution in [0.5, 0.6) is 0 Å². The Morgan fingerprint density at radius 1 is 1.24 bits per heavy atom. The van der Waals surface area contributed by atoms with E-state index in [0.717, 1.165) is 17.0 Å². The number of nitrogens with one attached hydrogen (secondary N) is 1. The van der Waals surface area contributed by atoms with Gasteiger partial charge >= 0.3 is 12.5 Å². The summed E-state index contributed by atoms with van der Waals surface area (Å²) in [6.45, 7) is 0.863. The van der Waals surface area contributed by atoms with Crippen molar-refractivity contribution in [1.82, 2.24) is 10.4 Å². The minimum absolute atomic E-state index is 0.0698. The van der Waals surface area contributed by atoms with E-state index in [1.807, 2.05) is 5.32 Å². The average Bonchev–Trinajstić information content (AvgIpc) is 2.90. The maximum Gasteiger partial charge on any atom is 0.414 e. The van der Waals surface area contributed by atoms with Gasteiger partial charge in [0.2, 0.25) is 0 Å². The van der Waals surface area contributed by atoms with Gasteiger partial charge in [0.1, 0.15) is 11.8 Å². The number of hydrogen-bond donors (Lipinski definition) is 1. The lowest BCUT2D eigenvalue weighted by Gasteiger charge is -2.24. The van der Waals surface area contributed by atoms with E-state index >= 15 is 0 Å². The molecular weight excluding hydrogens is 400 g/mol. The molecule has 2 amide bonds. The van der Waals surface area contributed by atoms with Crippen LogP contribution in [0.1, 0.15) is 0 Å². The molecule has 0 bridgehead atoms. The number of nitrogens with zero attached hydrogens (tertiary/aromatic N) is 3. The van der Waals surface area contributed by atoms with Crippen LogP contribution in [0.4, 0.5) is 33.7 Å². The second-order valence-corrected chi connectivity index (χ2v) is 6.59. The maximum absolute atomic E-state index is 14.7. The van der Waals surface area contributed by atoms with Gasteiger partial charge in [-0.25, -0.2) is 13.6 Å². The highest BCUT2D eigenvalue weighted by atomic mass is 19.3. The van der Waals surface area contributed by atoms with Gasteiger partial charge in [-0.2, -0.15) is 13.8 Å². The van der Waals surface area contributed by atoms with Crippen molar-refractivity contribution >= 4 is 23.4 Å². The molecule has 29 heavy (non-hydrogen) atoms. The smallest absolute Gasteiger partial charge is 0.414 e. The first-order chi connectivity index (χ1) is 13.8. The molecule has 0 aromatic heterocycles. The van der Waals surface area contributed by atoms with E-state index in [9.17, 15) is 27.2 Å². The van der Waals surface area contributed by atoms with Crippen LogP contribution in [0.25, 0.3) is 0 Å². The number of anilines is 2. The van der Waals surface area contributed by atoms with Gasteiger partial charge < -0.3 is 15.0 Å². The number of halogens is 4. The summed E-state index contributed by atoms with van der Waals surface area (Å²) in [6.07, 6.45) is -5.00. The van der Waals surface area contributed by atoms with Crippen LogP contribution in [0.15, 0.2) is 12.1 Å². The van der Waals surface area contributed by atoms with E-state index in [1.54, 1.807) is 12.1 Å². The predicted octanol–water partition coefficient (Wildman–Crippen LogP) is 1.35. The molecule has 0 saturated carbocycles. The van der Waals surface area contributed by atoms with Gasteiger partial charge in [-0.15, -0.1) is 0 Å². The predicted molar refractivity (Wildman–Crippen MR) is 93.8 cm³/mol. The van der Waals surface area contributed by atoms with Gasteiger partial charge in [-0.3, -0.25) is 14.5 Å². The highest BCUT2D eigenvalue weighted by molar-refractivity contribution is 5.90. The third-order valence-electron chi connectivity index (χ3n) is 4.56. The fourth-order valence-electron chi connectivity index (χ4n) is 3.11. The summed E-state index contributed by atoms with van der Waals surface area (Å²) in [4.78, 5) is 30.8. The molecule has 2 aliphatic rings. The Kier molecular flexibility index (Phi) is 6.42. The molecule has 12 heteroatoms. The minimum Gasteiger partial charge on any atom is -0.442 e. The highest BCUT2D eigenvalue weighted by Gasteiger charge is 2.34. The molecule has 2 heterocycles. The second-order valence-electron chi connectivity index (χ2n) is 6.59. The zero-order valence-corrected chi connectivity index (χ0v) is 15.5. The lowest BCUT2D eigenvalue weighted by atomic mass is 10.2. The molecular formula is C17H20F4N4O4. The quantitative estimate of drug-likeness (QED) is 0.726. The first-order valence-corrected chi connectivity index (χ1v) is 8.88. The number of carbonyl (C=O) groups is 2. The molecule has 8 nitrogen and oxygen atoms in total. The molecule has 0 unspecified atom stereocenters. The van der Waals surface area contributed by atoms with Gasteiger partial charge in [0, 0.05) is 38.8 Å². The van der Waals surface area contributed by atoms with E-state index in [1.165, 1.54) is 4.90 Å². The summed E-state index contributed by atoms with van der Waals surface area (Å²) >= 11 is 0. The first-order valence-electron chi connectivity index (χ1n) is 8.88. The van der Waals surface area contributed by atoms with Crippen LogP contribution >= 0.6 is 0 Å². The lowest BCUT2D eigenvalue weighted by Crippen LogP contribution is -2.37. The summed E-state index contributed by atoms with van der Waals surface area (Å²) < 4.78 is 58.8. The number of ether oxygens (including phenoxy) is 1. The lowest BCUT2D eigenvalue weighted by molar-refractivity contribution is -0.132. The number of hydrogen-bond acceptors (Lipinski definition) is 6. The Bertz CT molecular complexity index is 759. The minimum atomic E-state index is -3.19. The Hall–Kier alpha value is -2.60. The third-order valence-corrected chi connectivity index (χ3v) is 4.56. The molecule has 1 N–H and O–H groups in total. The molecule has 0 spiro atoms. The summed E-state index contributed by atoms with van der Waals surface area (Å²) in [5.74, 6) is -3.20. The fourth-order valence-corrected chi connectivity index (χ4v) is 3.11. The number of hydroxylamine groups is 2. The fraction of sp³-hybridized carbons (Fsp3) is 0.529. The molecule has 1 aromatic carbocycles. The highest BCUT2D eigenvalue weighted by Crippen LogP contribution is 2.31. The van der Waals surface area contributed by atoms with Crippen molar-refractivity contribution in [3.63, 3.8) is 0 Å². The topological polar surface area (TPSA) is 74.4 Å². The monoisotopic (exact) mass is 420 g/mol. The van der Waals surface area contributed by atoms with E-state index in [4.69, 9.17) is 9.57 Å². The van der Waals surface area contributed by atoms with Crippen LogP contribution in [-0.2, 0) is 14.4 Å².